The van der Waals surface area contributed by atoms with Crippen LogP contribution in [0, 0.1) is 0 Å². The highest BCUT2D eigenvalue weighted by molar-refractivity contribution is 8.14. The van der Waals surface area contributed by atoms with Crippen molar-refractivity contribution >= 4 is 34.6 Å². The number of nitrogens with one attached hydrogen (secondary N) is 2. The van der Waals surface area contributed by atoms with Crippen LogP contribution in [-0.4, -0.2) is 23.8 Å². The number of amidine groups is 1. The van der Waals surface area contributed by atoms with Gasteiger partial charge in [-0.25, -0.2) is 4.79 Å². The van der Waals surface area contributed by atoms with Crippen LogP contribution < -0.4 is 10.6 Å². The maximum absolute atomic E-state index is 12.0. The Balaban J connectivity index is 1.47. The van der Waals surface area contributed by atoms with E-state index < -0.39 is 0 Å². The third-order valence-corrected chi connectivity index (χ3v) is 5.47. The fourth-order valence-electron chi connectivity index (χ4n) is 2.86. The molecule has 1 aliphatic heterocycles. The molecule has 4 nitrogen and oxygen atoms in total. The molecule has 2 N–H and O–H groups in total. The van der Waals surface area contributed by atoms with Crippen molar-refractivity contribution in [1.82, 2.24) is 10.6 Å². The van der Waals surface area contributed by atoms with Crippen LogP contribution in [0.2, 0.25) is 5.02 Å². The van der Waals surface area contributed by atoms with Gasteiger partial charge in [0, 0.05) is 11.1 Å². The lowest BCUT2D eigenvalue weighted by Crippen LogP contribution is -2.44. The Bertz CT molecular complexity index is 555. The average Bonchev–Trinajstić information content (AvgIpc) is 2.97. The highest BCUT2D eigenvalue weighted by Gasteiger charge is 2.23. The van der Waals surface area contributed by atoms with Crippen LogP contribution in [0.25, 0.3) is 0 Å². The summed E-state index contributed by atoms with van der Waals surface area (Å²) < 4.78 is 0. The summed E-state index contributed by atoms with van der Waals surface area (Å²) in [7, 11) is 0. The Hall–Kier alpha value is -1.20. The highest BCUT2D eigenvalue weighted by Crippen LogP contribution is 2.34. The van der Waals surface area contributed by atoms with Crippen molar-refractivity contribution in [1.29, 1.82) is 0 Å². The standard InChI is InChI=1S/C16H20ClN3OS/c17-12-8-6-11(7-9-12)14-10-18-16(22-14)20-15(21)19-13-4-2-1-3-5-13/h6-9,13-14H,1-5,10H2,(H2,18,19,20,21). The van der Waals surface area contributed by atoms with Crippen molar-refractivity contribution in [3.63, 3.8) is 0 Å². The smallest absolute Gasteiger partial charge is 0.321 e. The van der Waals surface area contributed by atoms with Crippen molar-refractivity contribution in [3.05, 3.63) is 34.9 Å². The van der Waals surface area contributed by atoms with E-state index in [9.17, 15) is 4.79 Å². The molecular formula is C16H20ClN3OS. The normalized spacial score (nSPS) is 22.2. The number of aliphatic imine (C=N–C) groups is 1. The van der Waals surface area contributed by atoms with E-state index >= 15 is 0 Å². The quantitative estimate of drug-likeness (QED) is 0.853. The molecule has 0 radical (unpaired) electrons. The Morgan fingerprint density at radius 2 is 1.91 bits per heavy atom. The van der Waals surface area contributed by atoms with Crippen LogP contribution in [0.4, 0.5) is 4.79 Å². The molecule has 0 aromatic heterocycles. The number of urea groups is 1. The first-order valence-electron chi connectivity index (χ1n) is 7.75. The van der Waals surface area contributed by atoms with E-state index in [4.69, 9.17) is 11.6 Å². The third-order valence-electron chi connectivity index (χ3n) is 4.06. The topological polar surface area (TPSA) is 53.5 Å². The van der Waals surface area contributed by atoms with E-state index in [1.54, 1.807) is 11.8 Å². The molecule has 1 saturated carbocycles. The first-order chi connectivity index (χ1) is 10.7. The largest absolute Gasteiger partial charge is 0.335 e. The fraction of sp³-hybridized carbons (Fsp3) is 0.500. The van der Waals surface area contributed by atoms with Gasteiger partial charge in [-0.3, -0.25) is 10.3 Å². The van der Waals surface area contributed by atoms with Gasteiger partial charge in [0.1, 0.15) is 0 Å². The van der Waals surface area contributed by atoms with Gasteiger partial charge in [-0.15, -0.1) is 0 Å². The van der Waals surface area contributed by atoms with Crippen molar-refractivity contribution in [2.75, 3.05) is 6.54 Å². The van der Waals surface area contributed by atoms with E-state index in [2.05, 4.69) is 15.6 Å². The third kappa shape index (κ3) is 4.17. The highest BCUT2D eigenvalue weighted by atomic mass is 35.5. The second-order valence-corrected chi connectivity index (χ2v) is 7.37. The molecule has 1 aliphatic carbocycles. The summed E-state index contributed by atoms with van der Waals surface area (Å²) in [6.45, 7) is 0.686. The molecule has 0 saturated heterocycles. The van der Waals surface area contributed by atoms with Crippen molar-refractivity contribution < 1.29 is 4.79 Å². The van der Waals surface area contributed by atoms with Gasteiger partial charge in [-0.1, -0.05) is 54.8 Å². The van der Waals surface area contributed by atoms with Crippen LogP contribution in [0.15, 0.2) is 29.3 Å². The van der Waals surface area contributed by atoms with Gasteiger partial charge in [0.05, 0.1) is 11.8 Å². The molecule has 0 spiro atoms. The number of rotatable bonds is 2. The molecular weight excluding hydrogens is 318 g/mol. The van der Waals surface area contributed by atoms with Gasteiger partial charge in [-0.2, -0.15) is 0 Å². The fourth-order valence-corrected chi connectivity index (χ4v) is 4.00. The Morgan fingerprint density at radius 1 is 1.18 bits per heavy atom. The maximum atomic E-state index is 12.0. The monoisotopic (exact) mass is 337 g/mol. The summed E-state index contributed by atoms with van der Waals surface area (Å²) in [6, 6.07) is 7.99. The van der Waals surface area contributed by atoms with Crippen molar-refractivity contribution in [2.45, 2.75) is 43.4 Å². The molecule has 1 unspecified atom stereocenters. The Morgan fingerprint density at radius 3 is 2.64 bits per heavy atom. The number of carbonyl (C=O) groups is 1. The van der Waals surface area contributed by atoms with Crippen LogP contribution >= 0.6 is 23.4 Å². The molecule has 3 rings (SSSR count). The van der Waals surface area contributed by atoms with Crippen LogP contribution in [0.3, 0.4) is 0 Å². The second kappa shape index (κ2) is 7.38. The van der Waals surface area contributed by atoms with Gasteiger partial charge < -0.3 is 5.32 Å². The number of thioether (sulfide) groups is 1. The summed E-state index contributed by atoms with van der Waals surface area (Å²) in [5.41, 5.74) is 1.18. The molecule has 2 amide bonds. The first-order valence-corrected chi connectivity index (χ1v) is 9.00. The van der Waals surface area contributed by atoms with Crippen LogP contribution in [-0.2, 0) is 0 Å². The van der Waals surface area contributed by atoms with Gasteiger partial charge in [-0.05, 0) is 30.5 Å². The van der Waals surface area contributed by atoms with E-state index in [1.807, 2.05) is 24.3 Å². The predicted molar refractivity (Wildman–Crippen MR) is 92.6 cm³/mol. The summed E-state index contributed by atoms with van der Waals surface area (Å²) in [4.78, 5) is 16.4. The summed E-state index contributed by atoms with van der Waals surface area (Å²) >= 11 is 7.50. The van der Waals surface area contributed by atoms with Gasteiger partial charge in [0.25, 0.3) is 0 Å². The lowest BCUT2D eigenvalue weighted by Gasteiger charge is -2.22. The molecule has 118 valence electrons. The molecule has 6 heteroatoms. The van der Waals surface area contributed by atoms with E-state index in [-0.39, 0.29) is 11.3 Å². The first kappa shape index (κ1) is 15.7. The summed E-state index contributed by atoms with van der Waals surface area (Å²) in [6.07, 6.45) is 5.87. The SMILES string of the molecule is O=C(NC1=NCC(c2ccc(Cl)cc2)S1)NC1CCCCC1. The Labute approximate surface area is 140 Å². The lowest BCUT2D eigenvalue weighted by molar-refractivity contribution is 0.237. The number of hydrogen-bond acceptors (Lipinski definition) is 3. The number of hydrogen-bond donors (Lipinski definition) is 2. The predicted octanol–water partition coefficient (Wildman–Crippen LogP) is 4.12. The van der Waals surface area contributed by atoms with Gasteiger partial charge in [0.15, 0.2) is 5.17 Å². The van der Waals surface area contributed by atoms with Crippen LogP contribution in [0.5, 0.6) is 0 Å². The maximum Gasteiger partial charge on any atom is 0.321 e. The van der Waals surface area contributed by atoms with E-state index in [0.29, 0.717) is 17.8 Å². The minimum atomic E-state index is -0.130. The number of amides is 2. The summed E-state index contributed by atoms with van der Waals surface area (Å²) in [5, 5.41) is 7.61. The molecule has 1 aromatic rings. The second-order valence-electron chi connectivity index (χ2n) is 5.74. The number of nitrogens with zero attached hydrogens (tertiary/aromatic N) is 1. The minimum absolute atomic E-state index is 0.130. The molecule has 1 atom stereocenters. The average molecular weight is 338 g/mol. The summed E-state index contributed by atoms with van der Waals surface area (Å²) in [5.74, 6) is 0. The molecule has 2 aliphatic rings. The number of halogens is 1. The van der Waals surface area contributed by atoms with Crippen LogP contribution in [0.1, 0.15) is 42.9 Å². The zero-order chi connectivity index (χ0) is 15.4. The van der Waals surface area contributed by atoms with Crippen molar-refractivity contribution in [2.24, 2.45) is 4.99 Å². The zero-order valence-electron chi connectivity index (χ0n) is 12.3. The van der Waals surface area contributed by atoms with E-state index in [0.717, 1.165) is 17.9 Å². The molecule has 22 heavy (non-hydrogen) atoms. The lowest BCUT2D eigenvalue weighted by atomic mass is 9.96. The number of benzene rings is 1. The zero-order valence-corrected chi connectivity index (χ0v) is 13.9. The number of carbonyl (C=O) groups excluding carboxylic acids is 1. The van der Waals surface area contributed by atoms with Gasteiger partial charge in [0.2, 0.25) is 0 Å². The molecule has 1 heterocycles. The van der Waals surface area contributed by atoms with E-state index in [1.165, 1.54) is 24.8 Å². The molecule has 0 bridgehead atoms. The molecule has 1 aromatic carbocycles. The minimum Gasteiger partial charge on any atom is -0.335 e. The van der Waals surface area contributed by atoms with Crippen molar-refractivity contribution in [3.8, 4) is 0 Å². The van der Waals surface area contributed by atoms with Gasteiger partial charge >= 0.3 is 6.03 Å². The molecule has 1 fully saturated rings. The Kier molecular flexibility index (Phi) is 5.26.